The first-order valence-corrected chi connectivity index (χ1v) is 11.6. The largest absolute Gasteiger partial charge is 0.485 e. The number of hydrogen-bond donors (Lipinski definition) is 1. The van der Waals surface area contributed by atoms with E-state index >= 15 is 0 Å². The Bertz CT molecular complexity index is 923. The number of ether oxygens (including phenoxy) is 1. The molecule has 2 aromatic carbocycles. The van der Waals surface area contributed by atoms with Crippen molar-refractivity contribution in [3.05, 3.63) is 60.2 Å². The van der Waals surface area contributed by atoms with Crippen LogP contribution in [0.3, 0.4) is 0 Å². The molecule has 6 heteroatoms. The molecule has 0 bridgehead atoms. The van der Waals surface area contributed by atoms with Gasteiger partial charge in [0.2, 0.25) is 11.8 Å². The van der Waals surface area contributed by atoms with Crippen molar-refractivity contribution >= 4 is 17.5 Å². The van der Waals surface area contributed by atoms with Crippen LogP contribution < -0.4 is 15.0 Å². The fourth-order valence-electron chi connectivity index (χ4n) is 4.73. The monoisotopic (exact) mass is 435 g/mol. The molecule has 0 aliphatic carbocycles. The van der Waals surface area contributed by atoms with Crippen molar-refractivity contribution in [3.63, 3.8) is 0 Å². The van der Waals surface area contributed by atoms with Crippen molar-refractivity contribution in [2.45, 2.75) is 44.6 Å². The summed E-state index contributed by atoms with van der Waals surface area (Å²) in [5.74, 6) is 0.747. The molecule has 0 atom stereocenters. The number of piperidine rings is 1. The number of para-hydroxylation sites is 2. The van der Waals surface area contributed by atoms with E-state index in [9.17, 15) is 9.59 Å². The summed E-state index contributed by atoms with van der Waals surface area (Å²) in [4.78, 5) is 27.8. The van der Waals surface area contributed by atoms with Crippen molar-refractivity contribution in [1.82, 2.24) is 10.2 Å². The molecule has 1 spiro atoms. The van der Waals surface area contributed by atoms with Crippen molar-refractivity contribution in [1.29, 1.82) is 0 Å². The zero-order valence-electron chi connectivity index (χ0n) is 18.9. The Balaban J connectivity index is 1.38. The van der Waals surface area contributed by atoms with Crippen LogP contribution in [0.15, 0.2) is 54.6 Å². The second-order valence-electron chi connectivity index (χ2n) is 8.87. The average Bonchev–Trinajstić information content (AvgIpc) is 2.96. The number of carbonyl (C=O) groups is 2. The van der Waals surface area contributed by atoms with Crippen LogP contribution in [-0.4, -0.2) is 55.0 Å². The molecule has 2 heterocycles. The molecule has 0 radical (unpaired) electrons. The van der Waals surface area contributed by atoms with Gasteiger partial charge in [0.25, 0.3) is 0 Å². The number of aryl methyl sites for hydroxylation is 1. The van der Waals surface area contributed by atoms with E-state index in [0.717, 1.165) is 50.9 Å². The van der Waals surface area contributed by atoms with Gasteiger partial charge in [0, 0.05) is 52.4 Å². The molecule has 170 valence electrons. The van der Waals surface area contributed by atoms with Gasteiger partial charge in [-0.25, -0.2) is 0 Å². The van der Waals surface area contributed by atoms with Crippen molar-refractivity contribution < 1.29 is 14.3 Å². The number of nitrogens with zero attached hydrogens (tertiary/aromatic N) is 2. The first-order chi connectivity index (χ1) is 15.5. The van der Waals surface area contributed by atoms with Crippen molar-refractivity contribution in [2.24, 2.45) is 0 Å². The maximum Gasteiger partial charge on any atom is 0.241 e. The second kappa shape index (κ2) is 10.1. The van der Waals surface area contributed by atoms with Gasteiger partial charge in [-0.1, -0.05) is 42.5 Å². The van der Waals surface area contributed by atoms with Crippen LogP contribution in [0, 0.1) is 0 Å². The lowest BCUT2D eigenvalue weighted by Gasteiger charge is -2.41. The zero-order chi connectivity index (χ0) is 22.4. The standard InChI is InChI=1S/C26H33N3O3/c1-21(30)27-20-25(31)29-18-14-26(15-19-29)13-17-28(23-11-5-6-12-24(23)32-26)16-7-10-22-8-3-2-4-9-22/h2-6,8-9,11-12H,7,10,13-20H2,1H3,(H,27,30). The van der Waals surface area contributed by atoms with E-state index in [0.29, 0.717) is 13.1 Å². The van der Waals surface area contributed by atoms with E-state index < -0.39 is 0 Å². The maximum atomic E-state index is 12.4. The fraction of sp³-hybridized carbons (Fsp3) is 0.462. The first kappa shape index (κ1) is 22.2. The SMILES string of the molecule is CC(=O)NCC(=O)N1CCC2(CC1)CCN(CCCc1ccccc1)c1ccccc1O2. The Morgan fingerprint density at radius 3 is 2.41 bits per heavy atom. The molecule has 2 aliphatic rings. The number of hydrogen-bond acceptors (Lipinski definition) is 4. The van der Waals surface area contributed by atoms with Crippen LogP contribution in [0.25, 0.3) is 0 Å². The maximum absolute atomic E-state index is 12.4. The zero-order valence-corrected chi connectivity index (χ0v) is 18.9. The van der Waals surface area contributed by atoms with Gasteiger partial charge < -0.3 is 19.9 Å². The second-order valence-corrected chi connectivity index (χ2v) is 8.87. The summed E-state index contributed by atoms with van der Waals surface area (Å²) >= 11 is 0. The van der Waals surface area contributed by atoms with E-state index in [2.05, 4.69) is 58.7 Å². The van der Waals surface area contributed by atoms with Crippen molar-refractivity contribution in [3.8, 4) is 5.75 Å². The lowest BCUT2D eigenvalue weighted by molar-refractivity contribution is -0.135. The van der Waals surface area contributed by atoms with Gasteiger partial charge in [-0.05, 0) is 30.5 Å². The highest BCUT2D eigenvalue weighted by Crippen LogP contribution is 2.40. The number of nitrogens with one attached hydrogen (secondary N) is 1. The van der Waals surface area contributed by atoms with Gasteiger partial charge in [-0.2, -0.15) is 0 Å². The highest BCUT2D eigenvalue weighted by atomic mass is 16.5. The third kappa shape index (κ3) is 5.42. The van der Waals surface area contributed by atoms with E-state index in [1.807, 2.05) is 11.0 Å². The Kier molecular flexibility index (Phi) is 6.98. The van der Waals surface area contributed by atoms with Crippen LogP contribution >= 0.6 is 0 Å². The van der Waals surface area contributed by atoms with Gasteiger partial charge in [0.05, 0.1) is 12.2 Å². The summed E-state index contributed by atoms with van der Waals surface area (Å²) in [6.07, 6.45) is 4.73. The Labute approximate surface area is 190 Å². The number of benzene rings is 2. The average molecular weight is 436 g/mol. The number of carbonyl (C=O) groups excluding carboxylic acids is 2. The van der Waals surface area contributed by atoms with E-state index in [1.165, 1.54) is 18.2 Å². The lowest BCUT2D eigenvalue weighted by atomic mass is 9.87. The molecule has 1 fully saturated rings. The highest BCUT2D eigenvalue weighted by molar-refractivity contribution is 5.83. The minimum atomic E-state index is -0.241. The van der Waals surface area contributed by atoms with Crippen LogP contribution in [0.4, 0.5) is 5.69 Å². The summed E-state index contributed by atoms with van der Waals surface area (Å²) in [5.41, 5.74) is 2.30. The summed E-state index contributed by atoms with van der Waals surface area (Å²) in [5, 5.41) is 2.61. The summed E-state index contributed by atoms with van der Waals surface area (Å²) in [7, 11) is 0. The van der Waals surface area contributed by atoms with Crippen LogP contribution in [-0.2, 0) is 16.0 Å². The smallest absolute Gasteiger partial charge is 0.241 e. The molecule has 32 heavy (non-hydrogen) atoms. The fourth-order valence-corrected chi connectivity index (χ4v) is 4.73. The molecule has 0 unspecified atom stereocenters. The Hall–Kier alpha value is -3.02. The quantitative estimate of drug-likeness (QED) is 0.756. The van der Waals surface area contributed by atoms with Crippen LogP contribution in [0.1, 0.15) is 38.2 Å². The first-order valence-electron chi connectivity index (χ1n) is 11.6. The molecule has 2 amide bonds. The molecule has 0 saturated carbocycles. The highest BCUT2D eigenvalue weighted by Gasteiger charge is 2.40. The topological polar surface area (TPSA) is 61.9 Å². The van der Waals surface area contributed by atoms with E-state index in [-0.39, 0.29) is 24.0 Å². The molecular formula is C26H33N3O3. The van der Waals surface area contributed by atoms with E-state index in [1.54, 1.807) is 0 Å². The number of amides is 2. The van der Waals surface area contributed by atoms with Gasteiger partial charge in [-0.15, -0.1) is 0 Å². The van der Waals surface area contributed by atoms with Gasteiger partial charge >= 0.3 is 0 Å². The van der Waals surface area contributed by atoms with Gasteiger partial charge in [-0.3, -0.25) is 9.59 Å². The normalized spacial score (nSPS) is 17.3. The molecule has 4 rings (SSSR count). The minimum absolute atomic E-state index is 0.0217. The number of anilines is 1. The van der Waals surface area contributed by atoms with Crippen LogP contribution in [0.2, 0.25) is 0 Å². The molecule has 1 saturated heterocycles. The molecule has 0 aromatic heterocycles. The molecule has 2 aromatic rings. The van der Waals surface area contributed by atoms with Crippen molar-refractivity contribution in [2.75, 3.05) is 37.6 Å². The molecule has 6 nitrogen and oxygen atoms in total. The Morgan fingerprint density at radius 2 is 1.66 bits per heavy atom. The molecule has 2 aliphatic heterocycles. The predicted molar refractivity (Wildman–Crippen MR) is 126 cm³/mol. The van der Waals surface area contributed by atoms with Gasteiger partial charge in [0.1, 0.15) is 11.4 Å². The summed E-state index contributed by atoms with van der Waals surface area (Å²) in [6, 6.07) is 19.0. The third-order valence-electron chi connectivity index (χ3n) is 6.62. The Morgan fingerprint density at radius 1 is 0.969 bits per heavy atom. The number of likely N-dealkylation sites (tertiary alicyclic amines) is 1. The van der Waals surface area contributed by atoms with E-state index in [4.69, 9.17) is 4.74 Å². The number of fused-ring (bicyclic) bond motifs is 1. The van der Waals surface area contributed by atoms with Gasteiger partial charge in [0.15, 0.2) is 0 Å². The molecular weight excluding hydrogens is 402 g/mol. The van der Waals surface area contributed by atoms with Crippen LogP contribution in [0.5, 0.6) is 5.75 Å². The number of rotatable bonds is 6. The summed E-state index contributed by atoms with van der Waals surface area (Å²) in [6.45, 7) is 4.77. The third-order valence-corrected chi connectivity index (χ3v) is 6.62. The summed E-state index contributed by atoms with van der Waals surface area (Å²) < 4.78 is 6.66. The predicted octanol–water partition coefficient (Wildman–Crippen LogP) is 3.41. The molecule has 1 N–H and O–H groups in total. The minimum Gasteiger partial charge on any atom is -0.485 e. The lowest BCUT2D eigenvalue weighted by Crippen LogP contribution is -2.52.